The van der Waals surface area contributed by atoms with Gasteiger partial charge in [-0.05, 0) is 17.5 Å². The lowest BCUT2D eigenvalue weighted by Gasteiger charge is -2.30. The number of fused-ring (bicyclic) bond motifs is 2. The smallest absolute Gasteiger partial charge is 0.156 e. The Hall–Kier alpha value is -2.42. The molecule has 0 spiro atoms. The zero-order valence-electron chi connectivity index (χ0n) is 11.1. The van der Waals surface area contributed by atoms with Gasteiger partial charge in [-0.15, -0.1) is 5.10 Å². The third-order valence-corrected chi connectivity index (χ3v) is 4.05. The molecule has 0 saturated heterocycles. The zero-order valence-corrected chi connectivity index (χ0v) is 11.1. The number of nitrogens with zero attached hydrogens (tertiary/aromatic N) is 2. The van der Waals surface area contributed by atoms with Gasteiger partial charge in [0.1, 0.15) is 0 Å². The summed E-state index contributed by atoms with van der Waals surface area (Å²) in [6, 6.07) is 16.9. The molecular weight excluding hydrogens is 246 g/mol. The standard InChI is InChI=1S/C17H15N3/c1-3-7-15-12(5-1)9-14(15)10-18-17-16-8-4-2-6-13(16)11-19-20-17/h1-8,11,14H,9-10H2,(H,18,20). The Morgan fingerprint density at radius 3 is 2.85 bits per heavy atom. The van der Waals surface area contributed by atoms with Crippen molar-refractivity contribution >= 4 is 16.6 Å². The molecule has 1 aliphatic rings. The van der Waals surface area contributed by atoms with Crippen molar-refractivity contribution in [3.05, 3.63) is 65.9 Å². The van der Waals surface area contributed by atoms with Crippen LogP contribution in [0.2, 0.25) is 0 Å². The van der Waals surface area contributed by atoms with Gasteiger partial charge < -0.3 is 5.32 Å². The maximum absolute atomic E-state index is 4.23. The van der Waals surface area contributed by atoms with Gasteiger partial charge in [-0.3, -0.25) is 0 Å². The van der Waals surface area contributed by atoms with E-state index in [9.17, 15) is 0 Å². The number of benzene rings is 2. The van der Waals surface area contributed by atoms with Gasteiger partial charge in [0.2, 0.25) is 0 Å². The van der Waals surface area contributed by atoms with E-state index < -0.39 is 0 Å². The second-order valence-corrected chi connectivity index (χ2v) is 5.26. The van der Waals surface area contributed by atoms with Crippen LogP contribution in [0.1, 0.15) is 17.0 Å². The second kappa shape index (κ2) is 4.60. The van der Waals surface area contributed by atoms with E-state index in [1.807, 2.05) is 12.1 Å². The molecule has 98 valence electrons. The minimum Gasteiger partial charge on any atom is -0.367 e. The highest BCUT2D eigenvalue weighted by Crippen LogP contribution is 2.35. The summed E-state index contributed by atoms with van der Waals surface area (Å²) in [5.74, 6) is 1.47. The van der Waals surface area contributed by atoms with Crippen LogP contribution < -0.4 is 5.32 Å². The second-order valence-electron chi connectivity index (χ2n) is 5.26. The first-order valence-electron chi connectivity index (χ1n) is 6.94. The van der Waals surface area contributed by atoms with Crippen molar-refractivity contribution in [3.63, 3.8) is 0 Å². The molecule has 1 heterocycles. The van der Waals surface area contributed by atoms with Crippen LogP contribution in [0.25, 0.3) is 10.8 Å². The predicted octanol–water partition coefficient (Wildman–Crippen LogP) is 3.38. The monoisotopic (exact) mass is 261 g/mol. The molecule has 3 nitrogen and oxygen atoms in total. The van der Waals surface area contributed by atoms with Crippen molar-refractivity contribution in [2.45, 2.75) is 12.3 Å². The molecule has 0 aliphatic heterocycles. The van der Waals surface area contributed by atoms with E-state index >= 15 is 0 Å². The quantitative estimate of drug-likeness (QED) is 0.785. The molecule has 0 fully saturated rings. The van der Waals surface area contributed by atoms with Gasteiger partial charge in [0.25, 0.3) is 0 Å². The van der Waals surface area contributed by atoms with Crippen LogP contribution in [0.4, 0.5) is 5.82 Å². The fraction of sp³-hybridized carbons (Fsp3) is 0.176. The van der Waals surface area contributed by atoms with Gasteiger partial charge in [0.15, 0.2) is 5.82 Å². The molecule has 1 aliphatic carbocycles. The Kier molecular flexibility index (Phi) is 2.62. The van der Waals surface area contributed by atoms with E-state index in [2.05, 4.69) is 51.9 Å². The largest absolute Gasteiger partial charge is 0.367 e. The Morgan fingerprint density at radius 2 is 1.90 bits per heavy atom. The topological polar surface area (TPSA) is 37.8 Å². The van der Waals surface area contributed by atoms with Gasteiger partial charge in [-0.2, -0.15) is 5.10 Å². The minimum absolute atomic E-state index is 0.590. The molecular formula is C17H15N3. The number of hydrogen-bond donors (Lipinski definition) is 1. The molecule has 20 heavy (non-hydrogen) atoms. The normalized spacial score (nSPS) is 16.5. The van der Waals surface area contributed by atoms with Crippen LogP contribution >= 0.6 is 0 Å². The highest BCUT2D eigenvalue weighted by molar-refractivity contribution is 5.90. The number of aromatic nitrogens is 2. The van der Waals surface area contributed by atoms with Crippen molar-refractivity contribution in [1.82, 2.24) is 10.2 Å². The SMILES string of the molecule is c1ccc2c(c1)CC2CNc1nncc2ccccc12. The molecule has 0 bridgehead atoms. The molecule has 1 N–H and O–H groups in total. The van der Waals surface area contributed by atoms with E-state index in [1.165, 1.54) is 11.1 Å². The van der Waals surface area contributed by atoms with Crippen molar-refractivity contribution in [2.75, 3.05) is 11.9 Å². The number of hydrogen-bond acceptors (Lipinski definition) is 3. The summed E-state index contributed by atoms with van der Waals surface area (Å²) in [6.45, 7) is 0.916. The van der Waals surface area contributed by atoms with Crippen LogP contribution in [-0.4, -0.2) is 16.7 Å². The molecule has 3 heteroatoms. The Bertz CT molecular complexity index is 762. The molecule has 0 radical (unpaired) electrons. The van der Waals surface area contributed by atoms with Crippen LogP contribution in [0, 0.1) is 0 Å². The van der Waals surface area contributed by atoms with Gasteiger partial charge in [-0.1, -0.05) is 48.5 Å². The molecule has 1 unspecified atom stereocenters. The summed E-state index contributed by atoms with van der Waals surface area (Å²) in [5, 5.41) is 14.0. The summed E-state index contributed by atoms with van der Waals surface area (Å²) < 4.78 is 0. The molecule has 1 aromatic heterocycles. The Morgan fingerprint density at radius 1 is 1.05 bits per heavy atom. The van der Waals surface area contributed by atoms with Crippen LogP contribution in [0.5, 0.6) is 0 Å². The molecule has 2 aromatic carbocycles. The summed E-state index contributed by atoms with van der Waals surface area (Å²) in [7, 11) is 0. The number of rotatable bonds is 3. The lowest BCUT2D eigenvalue weighted by Crippen LogP contribution is -2.24. The first-order chi connectivity index (χ1) is 9.92. The molecule has 0 amide bonds. The Labute approximate surface area is 117 Å². The molecule has 4 rings (SSSR count). The van der Waals surface area contributed by atoms with Gasteiger partial charge in [-0.25, -0.2) is 0 Å². The number of anilines is 1. The van der Waals surface area contributed by atoms with Gasteiger partial charge in [0, 0.05) is 23.2 Å². The average molecular weight is 261 g/mol. The van der Waals surface area contributed by atoms with E-state index in [1.54, 1.807) is 6.20 Å². The Balaban J connectivity index is 1.55. The van der Waals surface area contributed by atoms with Crippen LogP contribution in [0.3, 0.4) is 0 Å². The summed E-state index contributed by atoms with van der Waals surface area (Å²) in [4.78, 5) is 0. The van der Waals surface area contributed by atoms with Crippen molar-refractivity contribution in [3.8, 4) is 0 Å². The first-order valence-corrected chi connectivity index (χ1v) is 6.94. The van der Waals surface area contributed by atoms with E-state index in [0.29, 0.717) is 5.92 Å². The van der Waals surface area contributed by atoms with Crippen molar-refractivity contribution < 1.29 is 0 Å². The maximum atomic E-state index is 4.23. The average Bonchev–Trinajstić information content (AvgIpc) is 2.48. The number of nitrogens with one attached hydrogen (secondary N) is 1. The van der Waals surface area contributed by atoms with Crippen molar-refractivity contribution in [1.29, 1.82) is 0 Å². The lowest BCUT2D eigenvalue weighted by atomic mass is 9.77. The van der Waals surface area contributed by atoms with E-state index in [-0.39, 0.29) is 0 Å². The molecule has 1 atom stereocenters. The maximum Gasteiger partial charge on any atom is 0.156 e. The van der Waals surface area contributed by atoms with Gasteiger partial charge >= 0.3 is 0 Å². The highest BCUT2D eigenvalue weighted by atomic mass is 15.2. The lowest BCUT2D eigenvalue weighted by molar-refractivity contribution is 0.634. The van der Waals surface area contributed by atoms with E-state index in [0.717, 1.165) is 29.6 Å². The summed E-state index contributed by atoms with van der Waals surface area (Å²) in [5.41, 5.74) is 2.94. The first kappa shape index (κ1) is 11.4. The van der Waals surface area contributed by atoms with E-state index in [4.69, 9.17) is 0 Å². The summed E-state index contributed by atoms with van der Waals surface area (Å²) >= 11 is 0. The fourth-order valence-corrected chi connectivity index (χ4v) is 2.92. The minimum atomic E-state index is 0.590. The highest BCUT2D eigenvalue weighted by Gasteiger charge is 2.25. The van der Waals surface area contributed by atoms with Crippen LogP contribution in [0.15, 0.2) is 54.7 Å². The third kappa shape index (κ3) is 1.83. The molecule has 0 saturated carbocycles. The molecule has 3 aromatic rings. The predicted molar refractivity (Wildman–Crippen MR) is 80.9 cm³/mol. The van der Waals surface area contributed by atoms with Crippen molar-refractivity contribution in [2.24, 2.45) is 0 Å². The zero-order chi connectivity index (χ0) is 13.4. The van der Waals surface area contributed by atoms with Gasteiger partial charge in [0.05, 0.1) is 6.20 Å². The van der Waals surface area contributed by atoms with Crippen LogP contribution in [-0.2, 0) is 6.42 Å². The summed E-state index contributed by atoms with van der Waals surface area (Å²) in [6.07, 6.45) is 2.96. The third-order valence-electron chi connectivity index (χ3n) is 4.05. The fourth-order valence-electron chi connectivity index (χ4n) is 2.92.